The second kappa shape index (κ2) is 6.30. The van der Waals surface area contributed by atoms with Crippen molar-refractivity contribution in [1.29, 1.82) is 0 Å². The van der Waals surface area contributed by atoms with Crippen LogP contribution in [-0.2, 0) is 20.9 Å². The zero-order valence-corrected chi connectivity index (χ0v) is 14.8. The Morgan fingerprint density at radius 3 is 1.32 bits per heavy atom. The maximum absolute atomic E-state index is 4.07. The normalized spacial score (nSPS) is 21.3. The van der Waals surface area contributed by atoms with Crippen LogP contribution in [0.3, 0.4) is 0 Å². The van der Waals surface area contributed by atoms with Crippen molar-refractivity contribution >= 4 is 0 Å². The summed E-state index contributed by atoms with van der Waals surface area (Å²) >= 11 is 1.52. The van der Waals surface area contributed by atoms with E-state index in [2.05, 4.69) is 93.0 Å². The van der Waals surface area contributed by atoms with Gasteiger partial charge in [-0.05, 0) is 0 Å². The molecule has 0 aliphatic heterocycles. The van der Waals surface area contributed by atoms with Crippen LogP contribution in [0.5, 0.6) is 0 Å². The fourth-order valence-corrected chi connectivity index (χ4v) is 2.03. The molecule has 0 heterocycles. The van der Waals surface area contributed by atoms with Gasteiger partial charge in [0.25, 0.3) is 0 Å². The molecular weight excluding hydrogens is 311 g/mol. The molecule has 0 aromatic heterocycles. The van der Waals surface area contributed by atoms with Gasteiger partial charge in [-0.3, -0.25) is 0 Å². The summed E-state index contributed by atoms with van der Waals surface area (Å²) in [6.45, 7) is 10.7. The van der Waals surface area contributed by atoms with Crippen molar-refractivity contribution in [2.24, 2.45) is 14.2 Å². The fraction of sp³-hybridized carbons (Fsp3) is 0.471. The molecule has 0 aromatic rings. The van der Waals surface area contributed by atoms with Crippen molar-refractivity contribution in [3.8, 4) is 0 Å². The average Bonchev–Trinajstić information content (AvgIpc) is 2.88. The maximum atomic E-state index is 4.07. The van der Waals surface area contributed by atoms with E-state index < -0.39 is 0 Å². The summed E-state index contributed by atoms with van der Waals surface area (Å²) in [5, 5.41) is 0. The van der Waals surface area contributed by atoms with Crippen LogP contribution in [0.4, 0.5) is 0 Å². The molecule has 103 valence electrons. The molecular formula is C17H24NNb-. The van der Waals surface area contributed by atoms with Crippen LogP contribution in [0.2, 0.25) is 0 Å². The Bertz CT molecular complexity index is 377. The van der Waals surface area contributed by atoms with Gasteiger partial charge in [-0.25, -0.2) is 0 Å². The van der Waals surface area contributed by atoms with E-state index in [9.17, 15) is 0 Å². The van der Waals surface area contributed by atoms with Crippen LogP contribution in [0, 0.1) is 17.3 Å². The Balaban J connectivity index is 0.000000258. The minimum absolute atomic E-state index is 0.133. The van der Waals surface area contributed by atoms with E-state index in [4.69, 9.17) is 0 Å². The van der Waals surface area contributed by atoms with Crippen LogP contribution in [0.15, 0.2) is 51.9 Å². The summed E-state index contributed by atoms with van der Waals surface area (Å²) in [5.41, 5.74) is 0.454. The summed E-state index contributed by atoms with van der Waals surface area (Å²) < 4.78 is 4.07. The number of rotatable bonds is 2. The minimum Gasteiger partial charge on any atom is -0.302 e. The first kappa shape index (κ1) is 16.6. The van der Waals surface area contributed by atoms with E-state index >= 15 is 0 Å². The van der Waals surface area contributed by atoms with Gasteiger partial charge in [-0.15, -0.1) is 35.1 Å². The first-order valence-corrected chi connectivity index (χ1v) is 7.64. The van der Waals surface area contributed by atoms with Crippen molar-refractivity contribution in [1.82, 2.24) is 0 Å². The summed E-state index contributed by atoms with van der Waals surface area (Å²) in [5.74, 6) is 0. The topological polar surface area (TPSA) is 12.4 Å². The summed E-state index contributed by atoms with van der Waals surface area (Å²) in [4.78, 5) is 0. The number of allylic oxidation sites excluding steroid dienone is 8. The molecule has 0 fully saturated rings. The van der Waals surface area contributed by atoms with Crippen LogP contribution in [0.1, 0.15) is 34.6 Å². The molecule has 0 bridgehead atoms. The Morgan fingerprint density at radius 2 is 1.11 bits per heavy atom. The Hall–Kier alpha value is -0.500. The Morgan fingerprint density at radius 1 is 0.842 bits per heavy atom. The summed E-state index contributed by atoms with van der Waals surface area (Å²) in [7, 11) is 0. The zero-order chi connectivity index (χ0) is 14.6. The van der Waals surface area contributed by atoms with E-state index in [1.54, 1.807) is 0 Å². The number of nitrogens with zero attached hydrogens (tertiary/aromatic N) is 1. The van der Waals surface area contributed by atoms with E-state index in [-0.39, 0.29) is 16.4 Å². The second-order valence-corrected chi connectivity index (χ2v) is 7.08. The smallest absolute Gasteiger partial charge is 0.0684 e. The van der Waals surface area contributed by atoms with Crippen LogP contribution >= 0.6 is 0 Å². The Kier molecular flexibility index (Phi) is 5.49. The van der Waals surface area contributed by atoms with Crippen molar-refractivity contribution in [2.45, 2.75) is 40.2 Å². The van der Waals surface area contributed by atoms with Gasteiger partial charge in [0, 0.05) is 0 Å². The molecule has 0 N–H and O–H groups in total. The van der Waals surface area contributed by atoms with Gasteiger partial charge in [-0.1, -0.05) is 38.2 Å². The first-order chi connectivity index (χ1) is 8.68. The van der Waals surface area contributed by atoms with Crippen LogP contribution in [-0.4, -0.2) is 5.54 Å². The standard InChI is InChI=1S/C13H15.C4H9N.Nb/c1-12(7-3-4-8-12)11-13(2)9-5-6-10-13;1-4(2,3)5;/h3-11H,1-2H3;1-3H3;/q-1;;. The molecule has 0 atom stereocenters. The minimum atomic E-state index is 0.133. The van der Waals surface area contributed by atoms with Gasteiger partial charge in [0.05, 0.1) is 0 Å². The SMILES string of the molecule is CC(C)(C)[N]=[Nb].CC1([CH-]C2(C)C=CC=C2)C=CC=C1. The zero-order valence-electron chi connectivity index (χ0n) is 12.6. The molecule has 2 rings (SSSR count). The van der Waals surface area contributed by atoms with Crippen molar-refractivity contribution in [3.63, 3.8) is 0 Å². The van der Waals surface area contributed by atoms with Gasteiger partial charge in [-0.2, -0.15) is 0 Å². The third-order valence-electron chi connectivity index (χ3n) is 2.97. The average molecular weight is 335 g/mol. The van der Waals surface area contributed by atoms with Crippen molar-refractivity contribution < 1.29 is 20.9 Å². The molecule has 0 aromatic carbocycles. The van der Waals surface area contributed by atoms with Crippen molar-refractivity contribution in [2.75, 3.05) is 0 Å². The molecule has 0 amide bonds. The Labute approximate surface area is 130 Å². The fourth-order valence-electron chi connectivity index (χ4n) is 2.03. The molecule has 19 heavy (non-hydrogen) atoms. The van der Waals surface area contributed by atoms with Crippen molar-refractivity contribution in [3.05, 3.63) is 55.0 Å². The predicted molar refractivity (Wildman–Crippen MR) is 79.3 cm³/mol. The van der Waals surface area contributed by atoms with E-state index in [0.29, 0.717) is 0 Å². The molecule has 0 saturated heterocycles. The third-order valence-corrected chi connectivity index (χ3v) is 4.44. The van der Waals surface area contributed by atoms with Crippen LogP contribution in [0.25, 0.3) is 0 Å². The van der Waals surface area contributed by atoms with Gasteiger partial charge >= 0.3 is 50.5 Å². The van der Waals surface area contributed by atoms with E-state index in [0.717, 1.165) is 0 Å². The number of hydrogen-bond acceptors (Lipinski definition) is 1. The number of hydrogen-bond donors (Lipinski definition) is 0. The van der Waals surface area contributed by atoms with E-state index in [1.807, 2.05) is 0 Å². The van der Waals surface area contributed by atoms with Gasteiger partial charge in [0.1, 0.15) is 0 Å². The quantitative estimate of drug-likeness (QED) is 0.499. The van der Waals surface area contributed by atoms with Gasteiger partial charge < -0.3 is 6.42 Å². The van der Waals surface area contributed by atoms with Gasteiger partial charge in [0.15, 0.2) is 0 Å². The maximum Gasteiger partial charge on any atom is -0.0684 e. The summed E-state index contributed by atoms with van der Waals surface area (Å²) in [6.07, 6.45) is 19.8. The van der Waals surface area contributed by atoms with Gasteiger partial charge in [0.2, 0.25) is 0 Å². The largest absolute Gasteiger partial charge is 0.302 e. The van der Waals surface area contributed by atoms with E-state index in [1.165, 1.54) is 20.9 Å². The third kappa shape index (κ3) is 5.99. The van der Waals surface area contributed by atoms with Crippen LogP contribution < -0.4 is 0 Å². The molecule has 2 heteroatoms. The monoisotopic (exact) mass is 335 g/mol. The summed E-state index contributed by atoms with van der Waals surface area (Å²) in [6, 6.07) is 0. The molecule has 0 unspecified atom stereocenters. The molecule has 0 spiro atoms. The molecule has 2 aliphatic carbocycles. The molecule has 1 nitrogen and oxygen atoms in total. The molecule has 2 aliphatic rings. The molecule has 0 saturated carbocycles. The first-order valence-electron chi connectivity index (χ1n) is 6.66. The predicted octanol–water partition coefficient (Wildman–Crippen LogP) is 4.97. The molecule has 0 radical (unpaired) electrons. The second-order valence-electron chi connectivity index (χ2n) is 6.58.